The number of fused-ring (bicyclic) bond motifs is 1. The molecule has 0 aliphatic carbocycles. The van der Waals surface area contributed by atoms with E-state index in [-0.39, 0.29) is 11.3 Å². The molecule has 0 fully saturated rings. The first kappa shape index (κ1) is 23.2. The van der Waals surface area contributed by atoms with Crippen molar-refractivity contribution in [1.29, 1.82) is 5.26 Å². The summed E-state index contributed by atoms with van der Waals surface area (Å²) in [4.78, 5) is 29.9. The van der Waals surface area contributed by atoms with Crippen LogP contribution >= 0.6 is 22.7 Å². The zero-order valence-corrected chi connectivity index (χ0v) is 20.2. The van der Waals surface area contributed by atoms with Gasteiger partial charge in [0.1, 0.15) is 16.5 Å². The van der Waals surface area contributed by atoms with Crippen molar-refractivity contribution in [3.05, 3.63) is 75.0 Å². The van der Waals surface area contributed by atoms with Gasteiger partial charge in [0.15, 0.2) is 16.6 Å². The number of amides is 1. The van der Waals surface area contributed by atoms with Crippen LogP contribution in [-0.4, -0.2) is 24.0 Å². The summed E-state index contributed by atoms with van der Waals surface area (Å²) in [6.07, 6.45) is 1.43. The molecule has 0 saturated carbocycles. The minimum absolute atomic E-state index is 0.1000. The predicted molar refractivity (Wildman–Crippen MR) is 134 cm³/mol. The molecule has 1 amide bonds. The highest BCUT2D eigenvalue weighted by Crippen LogP contribution is 2.31. The van der Waals surface area contributed by atoms with Gasteiger partial charge in [0.25, 0.3) is 5.91 Å². The number of hydrogen-bond acceptors (Lipinski definition) is 8. The van der Waals surface area contributed by atoms with Gasteiger partial charge in [0.2, 0.25) is 0 Å². The number of benzene rings is 2. The predicted octanol–water partition coefficient (Wildman–Crippen LogP) is 5.75. The first-order valence-electron chi connectivity index (χ1n) is 10.1. The molecule has 170 valence electrons. The number of carbonyl (C=O) groups is 2. The standard InChI is InChI=1S/C25H19N3O4S2/c1-14-9-18-22(10-15(14)2)34-25(27-18)28-23(29)17(13-26)11-16-6-7-19(20(12-16)31-3)32-24(30)21-5-4-8-33-21/h4-12H,1-3H3,(H,27,28,29)/b17-11+. The molecule has 0 aliphatic heterocycles. The highest BCUT2D eigenvalue weighted by Gasteiger charge is 2.16. The fourth-order valence-electron chi connectivity index (χ4n) is 3.12. The van der Waals surface area contributed by atoms with Gasteiger partial charge in [0, 0.05) is 0 Å². The van der Waals surface area contributed by atoms with Crippen LogP contribution in [-0.2, 0) is 4.79 Å². The van der Waals surface area contributed by atoms with Crippen LogP contribution in [0.3, 0.4) is 0 Å². The second-order valence-electron chi connectivity index (χ2n) is 7.32. The van der Waals surface area contributed by atoms with Crippen molar-refractivity contribution >= 4 is 56.0 Å². The van der Waals surface area contributed by atoms with Gasteiger partial charge in [0.05, 0.1) is 17.3 Å². The molecule has 0 spiro atoms. The molecular weight excluding hydrogens is 470 g/mol. The Hall–Kier alpha value is -4.00. The number of aromatic nitrogens is 1. The van der Waals surface area contributed by atoms with Gasteiger partial charge in [-0.1, -0.05) is 23.5 Å². The van der Waals surface area contributed by atoms with Gasteiger partial charge < -0.3 is 9.47 Å². The maximum absolute atomic E-state index is 12.7. The van der Waals surface area contributed by atoms with Crippen LogP contribution in [0.4, 0.5) is 5.13 Å². The highest BCUT2D eigenvalue weighted by atomic mass is 32.1. The van der Waals surface area contributed by atoms with Crippen LogP contribution in [0.5, 0.6) is 11.5 Å². The third kappa shape index (κ3) is 4.98. The lowest BCUT2D eigenvalue weighted by molar-refractivity contribution is -0.112. The molecule has 0 saturated heterocycles. The SMILES string of the molecule is COc1cc(/C=C(\C#N)C(=O)Nc2nc3cc(C)c(C)cc3s2)ccc1OC(=O)c1cccs1. The second kappa shape index (κ2) is 9.87. The Labute approximate surface area is 203 Å². The van der Waals surface area contributed by atoms with E-state index in [1.165, 1.54) is 35.9 Å². The van der Waals surface area contributed by atoms with E-state index < -0.39 is 11.9 Å². The van der Waals surface area contributed by atoms with Crippen molar-refractivity contribution in [2.75, 3.05) is 12.4 Å². The van der Waals surface area contributed by atoms with Crippen molar-refractivity contribution in [3.8, 4) is 17.6 Å². The van der Waals surface area contributed by atoms with Gasteiger partial charge in [-0.15, -0.1) is 11.3 Å². The number of ether oxygens (including phenoxy) is 2. The molecule has 0 unspecified atom stereocenters. The lowest BCUT2D eigenvalue weighted by Gasteiger charge is -2.09. The van der Waals surface area contributed by atoms with Crippen molar-refractivity contribution in [2.24, 2.45) is 0 Å². The monoisotopic (exact) mass is 489 g/mol. The first-order valence-corrected chi connectivity index (χ1v) is 11.8. The molecule has 2 aromatic carbocycles. The summed E-state index contributed by atoms with van der Waals surface area (Å²) in [6, 6.07) is 14.1. The lowest BCUT2D eigenvalue weighted by Crippen LogP contribution is -2.13. The summed E-state index contributed by atoms with van der Waals surface area (Å²) in [5.41, 5.74) is 3.49. The molecule has 34 heavy (non-hydrogen) atoms. The van der Waals surface area contributed by atoms with Gasteiger partial charge in [-0.25, -0.2) is 9.78 Å². The average molecular weight is 490 g/mol. The van der Waals surface area contributed by atoms with Crippen LogP contribution in [0.1, 0.15) is 26.4 Å². The molecule has 0 aliphatic rings. The molecule has 4 aromatic rings. The van der Waals surface area contributed by atoms with E-state index in [9.17, 15) is 14.9 Å². The zero-order chi connectivity index (χ0) is 24.2. The van der Waals surface area contributed by atoms with E-state index in [0.717, 1.165) is 21.3 Å². The maximum atomic E-state index is 12.7. The fourth-order valence-corrected chi connectivity index (χ4v) is 4.66. The van der Waals surface area contributed by atoms with E-state index in [1.807, 2.05) is 32.0 Å². The number of aryl methyl sites for hydroxylation is 2. The molecule has 0 atom stereocenters. The van der Waals surface area contributed by atoms with Crippen molar-refractivity contribution < 1.29 is 19.1 Å². The number of methoxy groups -OCH3 is 1. The van der Waals surface area contributed by atoms with Crippen molar-refractivity contribution in [2.45, 2.75) is 13.8 Å². The number of anilines is 1. The minimum Gasteiger partial charge on any atom is -0.493 e. The smallest absolute Gasteiger partial charge is 0.353 e. The van der Waals surface area contributed by atoms with Crippen molar-refractivity contribution in [1.82, 2.24) is 4.98 Å². The largest absolute Gasteiger partial charge is 0.493 e. The molecule has 0 radical (unpaired) electrons. The molecule has 2 heterocycles. The Balaban J connectivity index is 1.53. The van der Waals surface area contributed by atoms with Crippen LogP contribution in [0, 0.1) is 25.2 Å². The van der Waals surface area contributed by atoms with Gasteiger partial charge in [-0.2, -0.15) is 5.26 Å². The number of thiophene rings is 1. The average Bonchev–Trinajstić information content (AvgIpc) is 3.48. The third-order valence-corrected chi connectivity index (χ3v) is 6.80. The number of nitriles is 1. The number of esters is 1. The summed E-state index contributed by atoms with van der Waals surface area (Å²) >= 11 is 2.62. The molecule has 4 rings (SSSR count). The van der Waals surface area contributed by atoms with E-state index in [4.69, 9.17) is 9.47 Å². The third-order valence-electron chi connectivity index (χ3n) is 5.01. The number of carbonyl (C=O) groups excluding carboxylic acids is 2. The van der Waals surface area contributed by atoms with E-state index >= 15 is 0 Å². The molecular formula is C25H19N3O4S2. The number of rotatable bonds is 6. The van der Waals surface area contributed by atoms with Gasteiger partial charge >= 0.3 is 5.97 Å². The summed E-state index contributed by atoms with van der Waals surface area (Å²) < 4.78 is 11.7. The molecule has 2 aromatic heterocycles. The van der Waals surface area contributed by atoms with Gasteiger partial charge in [-0.05, 0) is 72.3 Å². The van der Waals surface area contributed by atoms with Crippen LogP contribution < -0.4 is 14.8 Å². The summed E-state index contributed by atoms with van der Waals surface area (Å²) in [5, 5.41) is 14.5. The Morgan fingerprint density at radius 2 is 1.91 bits per heavy atom. The van der Waals surface area contributed by atoms with Gasteiger partial charge in [-0.3, -0.25) is 10.1 Å². The van der Waals surface area contributed by atoms with Crippen LogP contribution in [0.25, 0.3) is 16.3 Å². The molecule has 0 bridgehead atoms. The first-order chi connectivity index (χ1) is 16.4. The maximum Gasteiger partial charge on any atom is 0.353 e. The minimum atomic E-state index is -0.567. The quantitative estimate of drug-likeness (QED) is 0.160. The lowest BCUT2D eigenvalue weighted by atomic mass is 10.1. The Morgan fingerprint density at radius 3 is 2.62 bits per heavy atom. The number of nitrogens with zero attached hydrogens (tertiary/aromatic N) is 2. The zero-order valence-electron chi connectivity index (χ0n) is 18.5. The van der Waals surface area contributed by atoms with E-state index in [1.54, 1.807) is 35.7 Å². The van der Waals surface area contributed by atoms with Crippen LogP contribution in [0.15, 0.2) is 53.4 Å². The normalized spacial score (nSPS) is 11.2. The number of thiazole rings is 1. The topological polar surface area (TPSA) is 101 Å². The van der Waals surface area contributed by atoms with Crippen LogP contribution in [0.2, 0.25) is 0 Å². The molecule has 7 nitrogen and oxygen atoms in total. The fraction of sp³-hybridized carbons (Fsp3) is 0.120. The van der Waals surface area contributed by atoms with E-state index in [2.05, 4.69) is 10.3 Å². The number of nitrogens with one attached hydrogen (secondary N) is 1. The summed E-state index contributed by atoms with van der Waals surface area (Å²) in [6.45, 7) is 4.03. The molecule has 1 N–H and O–H groups in total. The molecule has 9 heteroatoms. The van der Waals surface area contributed by atoms with Crippen molar-refractivity contribution in [3.63, 3.8) is 0 Å². The Bertz CT molecular complexity index is 1420. The summed E-state index contributed by atoms with van der Waals surface area (Å²) in [7, 11) is 1.44. The summed E-state index contributed by atoms with van der Waals surface area (Å²) in [5.74, 6) is -0.522. The Morgan fingerprint density at radius 1 is 1.12 bits per heavy atom. The van der Waals surface area contributed by atoms with E-state index in [0.29, 0.717) is 21.3 Å². The number of hydrogen-bond donors (Lipinski definition) is 1. The Kier molecular flexibility index (Phi) is 6.72. The highest BCUT2D eigenvalue weighted by molar-refractivity contribution is 7.22. The second-order valence-corrected chi connectivity index (χ2v) is 9.30.